The van der Waals surface area contributed by atoms with Crippen molar-refractivity contribution in [2.24, 2.45) is 10.7 Å². The number of hydrogen-bond acceptors (Lipinski definition) is 4. The van der Waals surface area contributed by atoms with Crippen molar-refractivity contribution in [2.45, 2.75) is 12.0 Å². The van der Waals surface area contributed by atoms with Crippen LogP contribution in [0.3, 0.4) is 0 Å². The molecule has 1 aliphatic rings. The predicted octanol–water partition coefficient (Wildman–Crippen LogP) is 0.375. The van der Waals surface area contributed by atoms with Gasteiger partial charge in [-0.2, -0.15) is 0 Å². The molecule has 0 spiro atoms. The second kappa shape index (κ2) is 3.77. The van der Waals surface area contributed by atoms with Crippen molar-refractivity contribution in [1.82, 2.24) is 4.98 Å². The van der Waals surface area contributed by atoms with Crippen LogP contribution in [-0.4, -0.2) is 17.1 Å². The summed E-state index contributed by atoms with van der Waals surface area (Å²) in [5.41, 5.74) is 11.3. The highest BCUT2D eigenvalue weighted by Gasteiger charge is 2.35. The van der Waals surface area contributed by atoms with Crippen LogP contribution in [0.15, 0.2) is 35.5 Å². The number of nitrogens with zero attached hydrogens (tertiary/aromatic N) is 2. The van der Waals surface area contributed by atoms with Gasteiger partial charge < -0.3 is 11.5 Å². The summed E-state index contributed by atoms with van der Waals surface area (Å²) in [6, 6.07) is 3.46. The molecule has 0 saturated carbocycles. The van der Waals surface area contributed by atoms with E-state index in [2.05, 4.69) is 9.98 Å². The third kappa shape index (κ3) is 1.67. The fraction of sp³-hybridized carbons (Fsp3) is 0.182. The van der Waals surface area contributed by atoms with Gasteiger partial charge in [0.2, 0.25) is 5.91 Å². The first-order valence-corrected chi connectivity index (χ1v) is 4.86. The van der Waals surface area contributed by atoms with Gasteiger partial charge in [0.15, 0.2) is 0 Å². The highest BCUT2D eigenvalue weighted by molar-refractivity contribution is 5.81. The summed E-state index contributed by atoms with van der Waals surface area (Å²) in [6.45, 7) is 0. The molecule has 1 unspecified atom stereocenters. The Morgan fingerprint density at radius 1 is 1.50 bits per heavy atom. The number of nitrogens with two attached hydrogens (primary N) is 2. The van der Waals surface area contributed by atoms with E-state index in [9.17, 15) is 4.79 Å². The number of anilines is 1. The van der Waals surface area contributed by atoms with Crippen molar-refractivity contribution in [3.8, 4) is 0 Å². The van der Waals surface area contributed by atoms with Crippen LogP contribution < -0.4 is 11.5 Å². The summed E-state index contributed by atoms with van der Waals surface area (Å²) in [4.78, 5) is 19.5. The molecule has 1 atom stereocenters. The number of allylic oxidation sites excluding steroid dienone is 1. The molecule has 16 heavy (non-hydrogen) atoms. The fourth-order valence-electron chi connectivity index (χ4n) is 1.79. The number of amides is 1. The van der Waals surface area contributed by atoms with Gasteiger partial charge in [-0.15, -0.1) is 0 Å². The van der Waals surface area contributed by atoms with Gasteiger partial charge >= 0.3 is 0 Å². The highest BCUT2D eigenvalue weighted by Crippen LogP contribution is 2.35. The van der Waals surface area contributed by atoms with E-state index in [1.165, 1.54) is 0 Å². The number of primary amides is 1. The smallest absolute Gasteiger partial charge is 0.220 e. The zero-order valence-corrected chi connectivity index (χ0v) is 8.63. The van der Waals surface area contributed by atoms with E-state index in [-0.39, 0.29) is 6.42 Å². The van der Waals surface area contributed by atoms with Crippen LogP contribution in [0.5, 0.6) is 0 Å². The van der Waals surface area contributed by atoms with Crippen LogP contribution in [0.1, 0.15) is 12.1 Å². The van der Waals surface area contributed by atoms with E-state index < -0.39 is 11.4 Å². The summed E-state index contributed by atoms with van der Waals surface area (Å²) in [5.74, 6) is -0.436. The maximum absolute atomic E-state index is 11.1. The average molecular weight is 216 g/mol. The van der Waals surface area contributed by atoms with Crippen molar-refractivity contribution < 1.29 is 4.79 Å². The largest absolute Gasteiger partial charge is 0.397 e. The van der Waals surface area contributed by atoms with Crippen molar-refractivity contribution in [3.63, 3.8) is 0 Å². The van der Waals surface area contributed by atoms with Gasteiger partial charge in [-0.25, -0.2) is 0 Å². The molecule has 0 radical (unpaired) electrons. The minimum Gasteiger partial charge on any atom is -0.397 e. The fourth-order valence-corrected chi connectivity index (χ4v) is 1.79. The summed E-state index contributed by atoms with van der Waals surface area (Å²) in [5, 5.41) is 0. The van der Waals surface area contributed by atoms with Crippen molar-refractivity contribution >= 4 is 17.8 Å². The number of rotatable bonds is 3. The zero-order chi connectivity index (χ0) is 11.6. The second-order valence-electron chi connectivity index (χ2n) is 3.65. The number of aliphatic imine (C=N–C) groups is 1. The van der Waals surface area contributed by atoms with Gasteiger partial charge in [-0.3, -0.25) is 14.8 Å². The van der Waals surface area contributed by atoms with Gasteiger partial charge in [0.1, 0.15) is 5.54 Å². The van der Waals surface area contributed by atoms with E-state index in [1.54, 1.807) is 36.7 Å². The second-order valence-corrected chi connectivity index (χ2v) is 3.65. The van der Waals surface area contributed by atoms with Crippen LogP contribution in [0.4, 0.5) is 5.69 Å². The Bertz CT molecular complexity index is 467. The van der Waals surface area contributed by atoms with E-state index in [1.807, 2.05) is 0 Å². The van der Waals surface area contributed by atoms with Crippen LogP contribution in [0, 0.1) is 0 Å². The number of nitrogen functional groups attached to an aromatic ring is 1. The monoisotopic (exact) mass is 216 g/mol. The first-order chi connectivity index (χ1) is 7.64. The molecule has 0 saturated heterocycles. The van der Waals surface area contributed by atoms with Crippen LogP contribution in [0.2, 0.25) is 0 Å². The molecule has 2 heterocycles. The van der Waals surface area contributed by atoms with Gasteiger partial charge in [0.25, 0.3) is 0 Å². The third-order valence-corrected chi connectivity index (χ3v) is 2.46. The lowest BCUT2D eigenvalue weighted by Crippen LogP contribution is -2.29. The standard InChI is InChI=1S/C11H12N4O/c12-8-3-1-5-14-10(8)11(7-9(13)16)4-2-6-15-11/h1-6H,7,12H2,(H2,13,16). The molecule has 1 amide bonds. The number of carbonyl (C=O) groups excluding carboxylic acids is 1. The molecule has 2 rings (SSSR count). The number of aromatic nitrogens is 1. The molecule has 0 fully saturated rings. The Labute approximate surface area is 92.9 Å². The predicted molar refractivity (Wildman–Crippen MR) is 61.8 cm³/mol. The van der Waals surface area contributed by atoms with E-state index in [4.69, 9.17) is 11.5 Å². The van der Waals surface area contributed by atoms with E-state index in [0.717, 1.165) is 0 Å². The van der Waals surface area contributed by atoms with Crippen LogP contribution in [0.25, 0.3) is 0 Å². The van der Waals surface area contributed by atoms with Crippen molar-refractivity contribution in [1.29, 1.82) is 0 Å². The van der Waals surface area contributed by atoms with Gasteiger partial charge in [0, 0.05) is 12.4 Å². The molecule has 0 aliphatic carbocycles. The Kier molecular flexibility index (Phi) is 2.44. The van der Waals surface area contributed by atoms with E-state index in [0.29, 0.717) is 11.4 Å². The molecule has 0 bridgehead atoms. The molecule has 82 valence electrons. The summed E-state index contributed by atoms with van der Waals surface area (Å²) in [7, 11) is 0. The third-order valence-electron chi connectivity index (χ3n) is 2.46. The Hall–Kier alpha value is -2.17. The minimum absolute atomic E-state index is 0.0706. The number of carbonyl (C=O) groups is 1. The quantitative estimate of drug-likeness (QED) is 0.764. The van der Waals surface area contributed by atoms with Crippen LogP contribution >= 0.6 is 0 Å². The molecule has 1 aliphatic heterocycles. The molecule has 5 nitrogen and oxygen atoms in total. The lowest BCUT2D eigenvalue weighted by atomic mass is 9.90. The number of pyridine rings is 1. The summed E-state index contributed by atoms with van der Waals surface area (Å²) < 4.78 is 0. The maximum Gasteiger partial charge on any atom is 0.220 e. The molecule has 1 aromatic rings. The van der Waals surface area contributed by atoms with Crippen molar-refractivity contribution in [3.05, 3.63) is 36.2 Å². The van der Waals surface area contributed by atoms with Gasteiger partial charge in [-0.05, 0) is 24.3 Å². The number of hydrogen-bond donors (Lipinski definition) is 2. The zero-order valence-electron chi connectivity index (χ0n) is 8.63. The Morgan fingerprint density at radius 3 is 2.88 bits per heavy atom. The average Bonchev–Trinajstić information content (AvgIpc) is 2.67. The Balaban J connectivity index is 2.49. The summed E-state index contributed by atoms with van der Waals surface area (Å²) >= 11 is 0. The summed E-state index contributed by atoms with van der Waals surface area (Å²) in [6.07, 6.45) is 6.86. The molecular weight excluding hydrogens is 204 g/mol. The highest BCUT2D eigenvalue weighted by atomic mass is 16.1. The van der Waals surface area contributed by atoms with Crippen LogP contribution in [-0.2, 0) is 10.3 Å². The Morgan fingerprint density at radius 2 is 2.31 bits per heavy atom. The first kappa shape index (κ1) is 10.4. The molecule has 0 aromatic carbocycles. The van der Waals surface area contributed by atoms with E-state index >= 15 is 0 Å². The molecule has 1 aromatic heterocycles. The lowest BCUT2D eigenvalue weighted by Gasteiger charge is -2.23. The normalized spacial score (nSPS) is 22.5. The first-order valence-electron chi connectivity index (χ1n) is 4.86. The lowest BCUT2D eigenvalue weighted by molar-refractivity contribution is -0.118. The molecular formula is C11H12N4O. The minimum atomic E-state index is -0.822. The molecule has 5 heteroatoms. The topological polar surface area (TPSA) is 94.4 Å². The molecule has 4 N–H and O–H groups in total. The van der Waals surface area contributed by atoms with Crippen molar-refractivity contribution in [2.75, 3.05) is 5.73 Å². The maximum atomic E-state index is 11.1. The van der Waals surface area contributed by atoms with Gasteiger partial charge in [0.05, 0.1) is 17.8 Å². The van der Waals surface area contributed by atoms with Gasteiger partial charge in [-0.1, -0.05) is 0 Å². The SMILES string of the molecule is NC(=O)CC1(c2ncccc2N)C=CC=N1.